The Morgan fingerprint density at radius 1 is 1.25 bits per heavy atom. The van der Waals surface area contributed by atoms with Gasteiger partial charge in [0, 0.05) is 23.0 Å². The topological polar surface area (TPSA) is 97.1 Å². The van der Waals surface area contributed by atoms with Crippen molar-refractivity contribution in [1.82, 2.24) is 15.6 Å². The minimum absolute atomic E-state index is 0.163. The van der Waals surface area contributed by atoms with E-state index >= 15 is 0 Å². The van der Waals surface area contributed by atoms with E-state index in [1.165, 1.54) is 6.07 Å². The Morgan fingerprint density at radius 3 is 2.66 bits per heavy atom. The average molecular weight is 469 g/mol. The molecule has 3 rings (SSSR count). The van der Waals surface area contributed by atoms with Crippen molar-refractivity contribution in [1.29, 1.82) is 0 Å². The molecule has 0 saturated heterocycles. The van der Waals surface area contributed by atoms with Crippen LogP contribution in [0.5, 0.6) is 0 Å². The van der Waals surface area contributed by atoms with E-state index in [4.69, 9.17) is 5.73 Å². The highest BCUT2D eigenvalue weighted by atomic mass is 32.1. The first-order chi connectivity index (χ1) is 15.0. The highest BCUT2D eigenvalue weighted by molar-refractivity contribution is 7.12. The number of rotatable bonds is 7. The summed E-state index contributed by atoms with van der Waals surface area (Å²) in [5.74, 6) is -0.158. The van der Waals surface area contributed by atoms with Gasteiger partial charge in [-0.1, -0.05) is 6.07 Å². The van der Waals surface area contributed by atoms with Crippen molar-refractivity contribution in [3.05, 3.63) is 45.3 Å². The molecule has 1 saturated carbocycles. The molecule has 2 aromatic heterocycles. The van der Waals surface area contributed by atoms with Crippen molar-refractivity contribution >= 4 is 29.0 Å². The van der Waals surface area contributed by atoms with Gasteiger partial charge in [-0.3, -0.25) is 9.59 Å². The molecule has 0 unspecified atom stereocenters. The van der Waals surface area contributed by atoms with Gasteiger partial charge in [0.25, 0.3) is 0 Å². The van der Waals surface area contributed by atoms with Crippen LogP contribution in [0.3, 0.4) is 0 Å². The minimum atomic E-state index is -4.32. The lowest BCUT2D eigenvalue weighted by Crippen LogP contribution is -2.46. The Balaban J connectivity index is 1.45. The van der Waals surface area contributed by atoms with Gasteiger partial charge in [-0.05, 0) is 69.2 Å². The number of nitrogens with zero attached hydrogens (tertiary/aromatic N) is 1. The van der Waals surface area contributed by atoms with E-state index in [0.717, 1.165) is 35.1 Å². The van der Waals surface area contributed by atoms with Gasteiger partial charge in [-0.2, -0.15) is 13.2 Å². The molecule has 32 heavy (non-hydrogen) atoms. The third-order valence-corrected chi connectivity index (χ3v) is 6.92. The number of nitrogens with two attached hydrogens (primary N) is 1. The molecule has 0 radical (unpaired) electrons. The predicted octanol–water partition coefficient (Wildman–Crippen LogP) is 3.83. The molecular formula is C22H27F3N4O2S. The third-order valence-electron chi connectivity index (χ3n) is 5.76. The zero-order valence-electron chi connectivity index (χ0n) is 18.0. The number of aromatic nitrogens is 1. The van der Waals surface area contributed by atoms with Crippen molar-refractivity contribution < 1.29 is 22.8 Å². The van der Waals surface area contributed by atoms with E-state index in [-0.39, 0.29) is 30.2 Å². The predicted molar refractivity (Wildman–Crippen MR) is 117 cm³/mol. The van der Waals surface area contributed by atoms with Gasteiger partial charge in [-0.25, -0.2) is 4.98 Å². The SMILES string of the molecule is Cc1nc(N)ccc1CNC(=O)[C@H](C)NC(=O)[C@@H]1CC[C@@H](Cc2ccc(C(F)(F)F)s2)C1. The molecule has 4 N–H and O–H groups in total. The maximum Gasteiger partial charge on any atom is 0.425 e. The van der Waals surface area contributed by atoms with Gasteiger partial charge in [0.05, 0.1) is 0 Å². The number of aryl methyl sites for hydroxylation is 1. The molecule has 1 aliphatic rings. The van der Waals surface area contributed by atoms with E-state index in [1.54, 1.807) is 26.0 Å². The number of anilines is 1. The monoisotopic (exact) mass is 468 g/mol. The fourth-order valence-corrected chi connectivity index (χ4v) is 4.94. The zero-order chi connectivity index (χ0) is 23.5. The van der Waals surface area contributed by atoms with Crippen LogP contribution in [0.4, 0.5) is 19.0 Å². The number of amides is 2. The number of hydrogen-bond acceptors (Lipinski definition) is 5. The maximum atomic E-state index is 12.8. The molecule has 174 valence electrons. The first-order valence-corrected chi connectivity index (χ1v) is 11.3. The maximum absolute atomic E-state index is 12.8. The fraction of sp³-hybridized carbons (Fsp3) is 0.500. The summed E-state index contributed by atoms with van der Waals surface area (Å²) in [5.41, 5.74) is 7.20. The molecule has 0 spiro atoms. The van der Waals surface area contributed by atoms with Gasteiger partial charge in [0.15, 0.2) is 0 Å². The first kappa shape index (κ1) is 24.0. The number of hydrogen-bond donors (Lipinski definition) is 3. The molecule has 2 heterocycles. The largest absolute Gasteiger partial charge is 0.425 e. The summed E-state index contributed by atoms with van der Waals surface area (Å²) < 4.78 is 38.3. The molecular weight excluding hydrogens is 441 g/mol. The number of nitrogen functional groups attached to an aromatic ring is 1. The smallest absolute Gasteiger partial charge is 0.384 e. The molecule has 0 aromatic carbocycles. The second kappa shape index (κ2) is 9.89. The third kappa shape index (κ3) is 6.21. The summed E-state index contributed by atoms with van der Waals surface area (Å²) in [4.78, 5) is 29.2. The highest BCUT2D eigenvalue weighted by Crippen LogP contribution is 2.38. The molecule has 3 atom stereocenters. The van der Waals surface area contributed by atoms with Crippen molar-refractivity contribution in [3.63, 3.8) is 0 Å². The first-order valence-electron chi connectivity index (χ1n) is 10.5. The molecule has 2 amide bonds. The minimum Gasteiger partial charge on any atom is -0.384 e. The van der Waals surface area contributed by atoms with Crippen LogP contribution < -0.4 is 16.4 Å². The second-order valence-corrected chi connectivity index (χ2v) is 9.44. The van der Waals surface area contributed by atoms with Crippen LogP contribution in [0.25, 0.3) is 0 Å². The van der Waals surface area contributed by atoms with Gasteiger partial charge < -0.3 is 16.4 Å². The number of halogens is 3. The quantitative estimate of drug-likeness (QED) is 0.575. The second-order valence-electron chi connectivity index (χ2n) is 8.27. The summed E-state index contributed by atoms with van der Waals surface area (Å²) in [5, 5.41) is 5.54. The van der Waals surface area contributed by atoms with Crippen molar-refractivity contribution in [2.24, 2.45) is 11.8 Å². The number of carbonyl (C=O) groups is 2. The van der Waals surface area contributed by atoms with Crippen molar-refractivity contribution in [3.8, 4) is 0 Å². The van der Waals surface area contributed by atoms with Crippen LogP contribution in [0.2, 0.25) is 0 Å². The Hall–Kier alpha value is -2.62. The van der Waals surface area contributed by atoms with E-state index in [0.29, 0.717) is 30.0 Å². The average Bonchev–Trinajstić information content (AvgIpc) is 3.37. The van der Waals surface area contributed by atoms with Crippen LogP contribution in [0.1, 0.15) is 47.2 Å². The lowest BCUT2D eigenvalue weighted by Gasteiger charge is -2.17. The number of nitrogens with one attached hydrogen (secondary N) is 2. The Morgan fingerprint density at radius 2 is 2.00 bits per heavy atom. The van der Waals surface area contributed by atoms with Crippen molar-refractivity contribution in [2.45, 2.75) is 58.3 Å². The van der Waals surface area contributed by atoms with Crippen molar-refractivity contribution in [2.75, 3.05) is 5.73 Å². The van der Waals surface area contributed by atoms with Crippen LogP contribution in [-0.2, 0) is 28.7 Å². The van der Waals surface area contributed by atoms with E-state index in [1.807, 2.05) is 0 Å². The van der Waals surface area contributed by atoms with Crippen LogP contribution in [0, 0.1) is 18.8 Å². The summed E-state index contributed by atoms with van der Waals surface area (Å²) in [6, 6.07) is 5.39. The molecule has 0 bridgehead atoms. The van der Waals surface area contributed by atoms with Crippen LogP contribution >= 0.6 is 11.3 Å². The normalized spacial score (nSPS) is 19.5. The summed E-state index contributed by atoms with van der Waals surface area (Å²) in [6.45, 7) is 3.71. The van der Waals surface area contributed by atoms with Gasteiger partial charge in [0.2, 0.25) is 11.8 Å². The summed E-state index contributed by atoms with van der Waals surface area (Å²) in [6.07, 6.45) is -1.73. The molecule has 0 aliphatic heterocycles. The van der Waals surface area contributed by atoms with E-state index in [2.05, 4.69) is 15.6 Å². The summed E-state index contributed by atoms with van der Waals surface area (Å²) in [7, 11) is 0. The Labute approximate surface area is 188 Å². The van der Waals surface area contributed by atoms with Crippen LogP contribution in [-0.4, -0.2) is 22.8 Å². The number of pyridine rings is 1. The highest BCUT2D eigenvalue weighted by Gasteiger charge is 2.34. The molecule has 2 aromatic rings. The van der Waals surface area contributed by atoms with E-state index < -0.39 is 17.1 Å². The van der Waals surface area contributed by atoms with Crippen LogP contribution in [0.15, 0.2) is 24.3 Å². The molecule has 1 fully saturated rings. The lowest BCUT2D eigenvalue weighted by molar-refractivity contribution is -0.134. The Kier molecular flexibility index (Phi) is 7.43. The number of thiophene rings is 1. The summed E-state index contributed by atoms with van der Waals surface area (Å²) >= 11 is 0.766. The van der Waals surface area contributed by atoms with Gasteiger partial charge in [0.1, 0.15) is 16.7 Å². The van der Waals surface area contributed by atoms with Gasteiger partial charge in [-0.15, -0.1) is 11.3 Å². The zero-order valence-corrected chi connectivity index (χ0v) is 18.8. The lowest BCUT2D eigenvalue weighted by atomic mass is 10.00. The fourth-order valence-electron chi connectivity index (χ4n) is 3.95. The molecule has 10 heteroatoms. The van der Waals surface area contributed by atoms with E-state index in [9.17, 15) is 22.8 Å². The Bertz CT molecular complexity index is 976. The number of carbonyl (C=O) groups excluding carboxylic acids is 2. The standard InChI is InChI=1S/C22H27F3N4O2S/c1-12-16(5-8-19(26)28-12)11-27-20(30)13(2)29-21(31)15-4-3-14(9-15)10-17-6-7-18(32-17)22(23,24)25/h5-8,13-15H,3-4,9-11H2,1-2H3,(H2,26,28)(H,27,30)(H,29,31)/t13-,14+,15+/m0/s1. The number of alkyl halides is 3. The molecule has 1 aliphatic carbocycles. The molecule has 6 nitrogen and oxygen atoms in total. The van der Waals surface area contributed by atoms with Gasteiger partial charge >= 0.3 is 6.18 Å².